The van der Waals surface area contributed by atoms with Crippen LogP contribution in [-0.2, 0) is 0 Å². The Kier molecular flexibility index (Phi) is 5.19. The topological polar surface area (TPSA) is 51.8 Å². The minimum absolute atomic E-state index is 0.00806. The number of benzene rings is 1. The van der Waals surface area contributed by atoms with E-state index in [0.717, 1.165) is 22.2 Å². The predicted octanol–water partition coefficient (Wildman–Crippen LogP) is 3.70. The highest BCUT2D eigenvalue weighted by atomic mass is 35.5. The fourth-order valence-corrected chi connectivity index (χ4v) is 3.25. The molecular formula is C14H16ClN3S. The van der Waals surface area contributed by atoms with E-state index in [9.17, 15) is 0 Å². The first-order chi connectivity index (χ1) is 9.22. The maximum Gasteiger partial charge on any atom is 0.188 e. The molecule has 19 heavy (non-hydrogen) atoms. The standard InChI is InChI=1S/C14H16ClN3S/c1-2-12(16)13(10-6-3-4-7-11(10)15)19-14-17-8-5-9-18-14/h3-9,12-13H,2,16H2,1H3. The second-order valence-corrected chi connectivity index (χ2v) is 5.68. The lowest BCUT2D eigenvalue weighted by molar-refractivity contribution is 0.632. The molecule has 0 saturated carbocycles. The second-order valence-electron chi connectivity index (χ2n) is 4.16. The summed E-state index contributed by atoms with van der Waals surface area (Å²) in [4.78, 5) is 8.49. The molecule has 2 atom stereocenters. The minimum Gasteiger partial charge on any atom is -0.326 e. The van der Waals surface area contributed by atoms with Crippen molar-refractivity contribution in [3.63, 3.8) is 0 Å². The fourth-order valence-electron chi connectivity index (χ4n) is 1.76. The second kappa shape index (κ2) is 6.89. The van der Waals surface area contributed by atoms with Crippen LogP contribution in [-0.4, -0.2) is 16.0 Å². The van der Waals surface area contributed by atoms with Crippen LogP contribution in [0.2, 0.25) is 5.02 Å². The molecule has 0 aliphatic heterocycles. The van der Waals surface area contributed by atoms with Gasteiger partial charge < -0.3 is 5.73 Å². The zero-order chi connectivity index (χ0) is 13.7. The van der Waals surface area contributed by atoms with Gasteiger partial charge in [0.15, 0.2) is 5.16 Å². The van der Waals surface area contributed by atoms with E-state index in [0.29, 0.717) is 0 Å². The van der Waals surface area contributed by atoms with E-state index in [-0.39, 0.29) is 11.3 Å². The molecule has 100 valence electrons. The third kappa shape index (κ3) is 3.69. The monoisotopic (exact) mass is 293 g/mol. The molecule has 2 unspecified atom stereocenters. The summed E-state index contributed by atoms with van der Waals surface area (Å²) in [6.45, 7) is 2.07. The molecule has 5 heteroatoms. The van der Waals surface area contributed by atoms with Gasteiger partial charge in [-0.05, 0) is 24.1 Å². The SMILES string of the molecule is CCC(N)C(Sc1ncccn1)c1ccccc1Cl. The van der Waals surface area contributed by atoms with Crippen LogP contribution in [0.5, 0.6) is 0 Å². The Hall–Kier alpha value is -1.10. The van der Waals surface area contributed by atoms with Crippen LogP contribution >= 0.6 is 23.4 Å². The summed E-state index contributed by atoms with van der Waals surface area (Å²) in [6.07, 6.45) is 4.34. The molecule has 0 radical (unpaired) electrons. The van der Waals surface area contributed by atoms with Crippen molar-refractivity contribution < 1.29 is 0 Å². The molecule has 0 saturated heterocycles. The van der Waals surface area contributed by atoms with Gasteiger partial charge in [-0.3, -0.25) is 0 Å². The summed E-state index contributed by atoms with van der Waals surface area (Å²) >= 11 is 7.83. The normalized spacial score (nSPS) is 14.1. The molecule has 1 heterocycles. The smallest absolute Gasteiger partial charge is 0.188 e. The maximum absolute atomic E-state index is 6.28. The molecule has 1 aromatic carbocycles. The highest BCUT2D eigenvalue weighted by molar-refractivity contribution is 7.99. The van der Waals surface area contributed by atoms with Crippen molar-refractivity contribution >= 4 is 23.4 Å². The Labute approximate surface area is 122 Å². The fraction of sp³-hybridized carbons (Fsp3) is 0.286. The van der Waals surface area contributed by atoms with Crippen molar-refractivity contribution in [2.24, 2.45) is 5.73 Å². The number of aromatic nitrogens is 2. The predicted molar refractivity (Wildman–Crippen MR) is 80.3 cm³/mol. The molecule has 2 rings (SSSR count). The largest absolute Gasteiger partial charge is 0.326 e. The first kappa shape index (κ1) is 14.3. The average molecular weight is 294 g/mol. The third-order valence-corrected chi connectivity index (χ3v) is 4.47. The highest BCUT2D eigenvalue weighted by Crippen LogP contribution is 2.39. The summed E-state index contributed by atoms with van der Waals surface area (Å²) < 4.78 is 0. The van der Waals surface area contributed by atoms with Crippen molar-refractivity contribution in [1.29, 1.82) is 0 Å². The molecule has 2 N–H and O–H groups in total. The Bertz CT molecular complexity index is 521. The molecule has 3 nitrogen and oxygen atoms in total. The zero-order valence-electron chi connectivity index (χ0n) is 10.7. The van der Waals surface area contributed by atoms with Gasteiger partial charge in [-0.25, -0.2) is 9.97 Å². The molecule has 0 aliphatic carbocycles. The summed E-state index contributed by atoms with van der Waals surface area (Å²) in [5, 5.41) is 1.51. The number of rotatable bonds is 5. The van der Waals surface area contributed by atoms with Gasteiger partial charge in [0, 0.05) is 23.5 Å². The van der Waals surface area contributed by atoms with Gasteiger partial charge >= 0.3 is 0 Å². The van der Waals surface area contributed by atoms with E-state index in [1.54, 1.807) is 30.2 Å². The van der Waals surface area contributed by atoms with E-state index in [4.69, 9.17) is 17.3 Å². The van der Waals surface area contributed by atoms with E-state index in [1.807, 2.05) is 24.3 Å². The lowest BCUT2D eigenvalue weighted by Gasteiger charge is -2.22. The van der Waals surface area contributed by atoms with Crippen LogP contribution in [0, 0.1) is 0 Å². The molecule has 0 amide bonds. The van der Waals surface area contributed by atoms with E-state index < -0.39 is 0 Å². The number of hydrogen-bond donors (Lipinski definition) is 1. The Morgan fingerprint density at radius 1 is 1.21 bits per heavy atom. The van der Waals surface area contributed by atoms with E-state index in [1.165, 1.54) is 0 Å². The molecular weight excluding hydrogens is 278 g/mol. The Morgan fingerprint density at radius 2 is 1.89 bits per heavy atom. The van der Waals surface area contributed by atoms with Crippen LogP contribution in [0.3, 0.4) is 0 Å². The lowest BCUT2D eigenvalue weighted by atomic mass is 10.0. The van der Waals surface area contributed by atoms with Gasteiger partial charge in [-0.1, -0.05) is 48.5 Å². The van der Waals surface area contributed by atoms with Crippen molar-refractivity contribution in [3.8, 4) is 0 Å². The molecule has 0 aliphatic rings. The number of nitrogens with two attached hydrogens (primary N) is 1. The van der Waals surface area contributed by atoms with Crippen molar-refractivity contribution in [3.05, 3.63) is 53.3 Å². The Morgan fingerprint density at radius 3 is 2.53 bits per heavy atom. The minimum atomic E-state index is 0.00806. The highest BCUT2D eigenvalue weighted by Gasteiger charge is 2.23. The number of thioether (sulfide) groups is 1. The first-order valence-electron chi connectivity index (χ1n) is 6.16. The summed E-state index contributed by atoms with van der Waals surface area (Å²) in [7, 11) is 0. The van der Waals surface area contributed by atoms with Crippen LogP contribution < -0.4 is 5.73 Å². The van der Waals surface area contributed by atoms with Crippen molar-refractivity contribution in [2.45, 2.75) is 29.8 Å². The Balaban J connectivity index is 2.29. The molecule has 0 fully saturated rings. The van der Waals surface area contributed by atoms with Crippen LogP contribution in [0.4, 0.5) is 0 Å². The van der Waals surface area contributed by atoms with E-state index >= 15 is 0 Å². The van der Waals surface area contributed by atoms with Crippen LogP contribution in [0.1, 0.15) is 24.2 Å². The van der Waals surface area contributed by atoms with Crippen molar-refractivity contribution in [2.75, 3.05) is 0 Å². The molecule has 2 aromatic rings. The summed E-state index contributed by atoms with van der Waals surface area (Å²) in [6, 6.07) is 9.60. The zero-order valence-corrected chi connectivity index (χ0v) is 12.2. The number of halogens is 1. The van der Waals surface area contributed by atoms with Gasteiger partial charge in [0.1, 0.15) is 0 Å². The number of hydrogen-bond acceptors (Lipinski definition) is 4. The average Bonchev–Trinajstić information content (AvgIpc) is 2.46. The lowest BCUT2D eigenvalue weighted by Crippen LogP contribution is -2.26. The molecule has 0 bridgehead atoms. The van der Waals surface area contributed by atoms with Crippen LogP contribution in [0.15, 0.2) is 47.9 Å². The van der Waals surface area contributed by atoms with Crippen LogP contribution in [0.25, 0.3) is 0 Å². The quantitative estimate of drug-likeness (QED) is 0.674. The first-order valence-corrected chi connectivity index (χ1v) is 7.41. The van der Waals surface area contributed by atoms with Gasteiger partial charge in [0.25, 0.3) is 0 Å². The molecule has 1 aromatic heterocycles. The van der Waals surface area contributed by atoms with Gasteiger partial charge in [0.2, 0.25) is 0 Å². The molecule has 0 spiro atoms. The number of nitrogens with zero attached hydrogens (tertiary/aromatic N) is 2. The summed E-state index contributed by atoms with van der Waals surface area (Å²) in [5.41, 5.74) is 7.27. The maximum atomic E-state index is 6.28. The van der Waals surface area contributed by atoms with Gasteiger partial charge in [-0.15, -0.1) is 0 Å². The van der Waals surface area contributed by atoms with Gasteiger partial charge in [-0.2, -0.15) is 0 Å². The van der Waals surface area contributed by atoms with Crippen molar-refractivity contribution in [1.82, 2.24) is 9.97 Å². The third-order valence-electron chi connectivity index (χ3n) is 2.85. The van der Waals surface area contributed by atoms with E-state index in [2.05, 4.69) is 16.9 Å². The van der Waals surface area contributed by atoms with Gasteiger partial charge in [0.05, 0.1) is 5.25 Å². The summed E-state index contributed by atoms with van der Waals surface area (Å²) in [5.74, 6) is 0.